The minimum absolute atomic E-state index is 0.173. The second-order valence-corrected chi connectivity index (χ2v) is 6.20. The molecule has 1 amide bonds. The van der Waals surface area contributed by atoms with Crippen LogP contribution < -0.4 is 20.9 Å². The topological polar surface area (TPSA) is 123 Å². The second kappa shape index (κ2) is 9.14. The zero-order valence-electron chi connectivity index (χ0n) is 14.4. The smallest absolute Gasteiger partial charge is 0.350 e. The van der Waals surface area contributed by atoms with Crippen molar-refractivity contribution in [3.63, 3.8) is 0 Å². The lowest BCUT2D eigenvalue weighted by atomic mass is 10.2. The van der Waals surface area contributed by atoms with Crippen LogP contribution in [-0.4, -0.2) is 32.8 Å². The van der Waals surface area contributed by atoms with Crippen LogP contribution in [-0.2, 0) is 11.3 Å². The molecule has 1 heterocycles. The van der Waals surface area contributed by atoms with E-state index >= 15 is 0 Å². The van der Waals surface area contributed by atoms with Gasteiger partial charge in [-0.3, -0.25) is 25.8 Å². The van der Waals surface area contributed by atoms with E-state index in [0.29, 0.717) is 11.6 Å². The van der Waals surface area contributed by atoms with Gasteiger partial charge in [-0.05, 0) is 36.8 Å². The van der Waals surface area contributed by atoms with E-state index in [4.69, 9.17) is 28.6 Å². The van der Waals surface area contributed by atoms with Gasteiger partial charge in [0.15, 0.2) is 5.11 Å². The molecule has 0 radical (unpaired) electrons. The number of nitrogens with one attached hydrogen (secondary N) is 3. The van der Waals surface area contributed by atoms with Crippen molar-refractivity contribution >= 4 is 40.5 Å². The van der Waals surface area contributed by atoms with Gasteiger partial charge in [0.05, 0.1) is 12.0 Å². The summed E-state index contributed by atoms with van der Waals surface area (Å²) in [6.45, 7) is 1.97. The number of ether oxygens (including phenoxy) is 1. The van der Waals surface area contributed by atoms with E-state index in [1.54, 1.807) is 12.1 Å². The molecule has 1 aromatic heterocycles. The van der Waals surface area contributed by atoms with Gasteiger partial charge in [-0.15, -0.1) is 5.10 Å². The molecule has 2 aromatic rings. The summed E-state index contributed by atoms with van der Waals surface area (Å²) < 4.78 is 5.97. The molecular formula is C15H17ClN6O4S. The lowest BCUT2D eigenvalue weighted by Crippen LogP contribution is -2.48. The summed E-state index contributed by atoms with van der Waals surface area (Å²) in [4.78, 5) is 22.5. The maximum Gasteiger partial charge on any atom is 0.350 e. The summed E-state index contributed by atoms with van der Waals surface area (Å²) in [5.41, 5.74) is 5.61. The van der Waals surface area contributed by atoms with Crippen molar-refractivity contribution in [2.24, 2.45) is 0 Å². The second-order valence-electron chi connectivity index (χ2n) is 5.36. The monoisotopic (exact) mass is 412 g/mol. The Balaban J connectivity index is 1.86. The van der Waals surface area contributed by atoms with Gasteiger partial charge in [0.25, 0.3) is 5.91 Å². The summed E-state index contributed by atoms with van der Waals surface area (Å²) in [7, 11) is 1.26. The largest absolute Gasteiger partial charge is 0.475 e. The fraction of sp³-hybridized carbons (Fsp3) is 0.267. The zero-order chi connectivity index (χ0) is 20.0. The molecule has 144 valence electrons. The van der Waals surface area contributed by atoms with Crippen LogP contribution in [0.15, 0.2) is 30.5 Å². The highest BCUT2D eigenvalue weighted by molar-refractivity contribution is 7.80. The lowest BCUT2D eigenvalue weighted by molar-refractivity contribution is -0.385. The first-order valence-corrected chi connectivity index (χ1v) is 8.46. The molecule has 0 unspecified atom stereocenters. The Morgan fingerprint density at radius 1 is 1.41 bits per heavy atom. The average Bonchev–Trinajstić information content (AvgIpc) is 3.09. The fourth-order valence-electron chi connectivity index (χ4n) is 2.01. The third-order valence-corrected chi connectivity index (χ3v) is 4.01. The summed E-state index contributed by atoms with van der Waals surface area (Å²) in [5.74, 6) is -0.668. The Hall–Kier alpha value is -2.92. The number of amides is 1. The number of carbonyl (C=O) groups excluding carboxylic acids is 1. The first kappa shape index (κ1) is 20.4. The Labute approximate surface area is 164 Å². The molecule has 10 nitrogen and oxygen atoms in total. The van der Waals surface area contributed by atoms with Crippen molar-refractivity contribution in [3.8, 4) is 5.88 Å². The molecule has 0 fully saturated rings. The van der Waals surface area contributed by atoms with Crippen LogP contribution in [0.25, 0.3) is 0 Å². The quantitative estimate of drug-likeness (QED) is 0.372. The molecule has 0 aliphatic carbocycles. The Bertz CT molecular complexity index is 841. The molecular weight excluding hydrogens is 396 g/mol. The van der Waals surface area contributed by atoms with Gasteiger partial charge in [-0.25, -0.2) is 4.68 Å². The number of carbonyl (C=O) groups is 1. The van der Waals surface area contributed by atoms with Gasteiger partial charge in [0.1, 0.15) is 12.2 Å². The van der Waals surface area contributed by atoms with Gasteiger partial charge in [-0.1, -0.05) is 23.7 Å². The first-order chi connectivity index (χ1) is 12.8. The molecule has 0 saturated heterocycles. The standard InChI is InChI=1S/C15H17ClN6O4S/c1-9(21-8-12(22(24)25)14(20-21)26-2)13(23)18-19-15(27)17-7-10-3-5-11(16)6-4-10/h3-6,8-9H,7H2,1-2H3,(H,18,23)(H2,17,19,27)/t9-/m1/s1. The van der Waals surface area contributed by atoms with Crippen molar-refractivity contribution in [1.29, 1.82) is 0 Å². The van der Waals surface area contributed by atoms with E-state index in [0.717, 1.165) is 16.4 Å². The molecule has 3 N–H and O–H groups in total. The third-order valence-electron chi connectivity index (χ3n) is 3.51. The highest BCUT2D eigenvalue weighted by Crippen LogP contribution is 2.25. The number of hydrogen-bond acceptors (Lipinski definition) is 6. The number of rotatable bonds is 6. The SMILES string of the molecule is COc1nn([C@H](C)C(=O)NNC(=S)NCc2ccc(Cl)cc2)cc1[N+](=O)[O-]. The van der Waals surface area contributed by atoms with Gasteiger partial charge >= 0.3 is 11.6 Å². The molecule has 1 atom stereocenters. The van der Waals surface area contributed by atoms with Crippen molar-refractivity contribution in [3.05, 3.63) is 51.2 Å². The van der Waals surface area contributed by atoms with Crippen molar-refractivity contribution < 1.29 is 14.5 Å². The van der Waals surface area contributed by atoms with E-state index in [1.165, 1.54) is 14.0 Å². The number of halogens is 1. The summed E-state index contributed by atoms with van der Waals surface area (Å²) in [6.07, 6.45) is 1.13. The molecule has 12 heteroatoms. The molecule has 1 aromatic carbocycles. The van der Waals surface area contributed by atoms with Crippen molar-refractivity contribution in [2.45, 2.75) is 19.5 Å². The first-order valence-electron chi connectivity index (χ1n) is 7.67. The number of hydrogen-bond donors (Lipinski definition) is 3. The normalized spacial score (nSPS) is 11.4. The van der Waals surface area contributed by atoms with Crippen LogP contribution >= 0.6 is 23.8 Å². The number of nitro groups is 1. The maximum absolute atomic E-state index is 12.2. The summed E-state index contributed by atoms with van der Waals surface area (Å²) in [5, 5.41) is 18.6. The number of aromatic nitrogens is 2. The highest BCUT2D eigenvalue weighted by atomic mass is 35.5. The van der Waals surface area contributed by atoms with Crippen molar-refractivity contribution in [1.82, 2.24) is 25.9 Å². The minimum Gasteiger partial charge on any atom is -0.475 e. The predicted molar refractivity (Wildman–Crippen MR) is 102 cm³/mol. The van der Waals surface area contributed by atoms with E-state index in [9.17, 15) is 14.9 Å². The van der Waals surface area contributed by atoms with Gasteiger partial charge in [0.2, 0.25) is 0 Å². The van der Waals surface area contributed by atoms with Crippen LogP contribution in [0.3, 0.4) is 0 Å². The third kappa shape index (κ3) is 5.53. The molecule has 0 saturated carbocycles. The van der Waals surface area contributed by atoms with Gasteiger partial charge in [-0.2, -0.15) is 0 Å². The summed E-state index contributed by atoms with van der Waals surface area (Å²) in [6, 6.07) is 6.37. The van der Waals surface area contributed by atoms with Crippen LogP contribution in [0, 0.1) is 10.1 Å². The molecule has 0 aliphatic heterocycles. The van der Waals surface area contributed by atoms with E-state index in [2.05, 4.69) is 21.3 Å². The number of thiocarbonyl (C=S) groups is 1. The number of hydrazine groups is 1. The minimum atomic E-state index is -0.834. The number of benzene rings is 1. The van der Waals surface area contributed by atoms with E-state index in [-0.39, 0.29) is 16.7 Å². The lowest BCUT2D eigenvalue weighted by Gasteiger charge is -2.15. The average molecular weight is 413 g/mol. The Morgan fingerprint density at radius 3 is 2.63 bits per heavy atom. The molecule has 27 heavy (non-hydrogen) atoms. The molecule has 0 aliphatic rings. The van der Waals surface area contributed by atoms with Crippen LogP contribution in [0.4, 0.5) is 5.69 Å². The predicted octanol–water partition coefficient (Wildman–Crippen LogP) is 1.71. The molecule has 0 spiro atoms. The van der Waals surface area contributed by atoms with E-state index < -0.39 is 16.9 Å². The van der Waals surface area contributed by atoms with E-state index in [1.807, 2.05) is 12.1 Å². The number of methoxy groups -OCH3 is 1. The fourth-order valence-corrected chi connectivity index (χ4v) is 2.26. The van der Waals surface area contributed by atoms with Gasteiger partial charge < -0.3 is 10.1 Å². The summed E-state index contributed by atoms with van der Waals surface area (Å²) >= 11 is 10.9. The van der Waals surface area contributed by atoms with Crippen LogP contribution in [0.2, 0.25) is 5.02 Å². The van der Waals surface area contributed by atoms with Gasteiger partial charge in [0, 0.05) is 11.6 Å². The molecule has 0 bridgehead atoms. The Morgan fingerprint density at radius 2 is 2.07 bits per heavy atom. The van der Waals surface area contributed by atoms with Crippen molar-refractivity contribution in [2.75, 3.05) is 7.11 Å². The Kier molecular flexibility index (Phi) is 6.91. The van der Waals surface area contributed by atoms with Crippen LogP contribution in [0.1, 0.15) is 18.5 Å². The number of nitrogens with zero attached hydrogens (tertiary/aromatic N) is 3. The molecule has 2 rings (SSSR count). The highest BCUT2D eigenvalue weighted by Gasteiger charge is 2.25. The maximum atomic E-state index is 12.2. The van der Waals surface area contributed by atoms with Crippen LogP contribution in [0.5, 0.6) is 5.88 Å². The zero-order valence-corrected chi connectivity index (χ0v) is 16.0.